The maximum atomic E-state index is 13.0. The van der Waals surface area contributed by atoms with Crippen LogP contribution in [0.1, 0.15) is 0 Å². The molecule has 4 rings (SSSR count). The van der Waals surface area contributed by atoms with Gasteiger partial charge in [-0.05, 0) is 36.4 Å². The van der Waals surface area contributed by atoms with E-state index in [0.717, 1.165) is 0 Å². The summed E-state index contributed by atoms with van der Waals surface area (Å²) < 4.78 is 50.8. The number of anilines is 1. The van der Waals surface area contributed by atoms with Crippen molar-refractivity contribution in [2.24, 2.45) is 0 Å². The van der Waals surface area contributed by atoms with Gasteiger partial charge < -0.3 is 18.9 Å². The topological polar surface area (TPSA) is 109 Å². The van der Waals surface area contributed by atoms with Gasteiger partial charge in [-0.25, -0.2) is 18.1 Å². The van der Waals surface area contributed by atoms with Gasteiger partial charge >= 0.3 is 0 Å². The van der Waals surface area contributed by atoms with Crippen molar-refractivity contribution >= 4 is 16.0 Å². The molecule has 1 N–H and O–H groups in total. The quantitative estimate of drug-likeness (QED) is 0.355. The van der Waals surface area contributed by atoms with Crippen molar-refractivity contribution in [3.63, 3.8) is 0 Å². The van der Waals surface area contributed by atoms with Gasteiger partial charge in [0, 0.05) is 6.07 Å². The second-order valence-corrected chi connectivity index (χ2v) is 8.81. The second kappa shape index (κ2) is 10.3. The minimum absolute atomic E-state index is 0.0658. The van der Waals surface area contributed by atoms with Crippen LogP contribution in [0.25, 0.3) is 11.3 Å². The van der Waals surface area contributed by atoms with Gasteiger partial charge in [0.1, 0.15) is 11.5 Å². The first kappa shape index (κ1) is 23.8. The molecule has 3 aromatic carbocycles. The third kappa shape index (κ3) is 5.28. The van der Waals surface area contributed by atoms with Crippen molar-refractivity contribution in [1.29, 1.82) is 0 Å². The van der Waals surface area contributed by atoms with E-state index in [2.05, 4.69) is 14.7 Å². The highest BCUT2D eigenvalue weighted by atomic mass is 32.2. The third-order valence-corrected chi connectivity index (χ3v) is 6.27. The number of methoxy groups -OCH3 is 3. The normalized spacial score (nSPS) is 10.9. The monoisotopic (exact) mass is 493 g/mol. The van der Waals surface area contributed by atoms with Gasteiger partial charge in [-0.1, -0.05) is 36.4 Å². The lowest BCUT2D eigenvalue weighted by Gasteiger charge is -2.17. The number of nitrogens with one attached hydrogen (secondary N) is 1. The number of benzene rings is 3. The van der Waals surface area contributed by atoms with Crippen molar-refractivity contribution < 1.29 is 27.4 Å². The van der Waals surface area contributed by atoms with Crippen molar-refractivity contribution in [1.82, 2.24) is 9.97 Å². The summed E-state index contributed by atoms with van der Waals surface area (Å²) in [6.07, 6.45) is 0. The van der Waals surface area contributed by atoms with Gasteiger partial charge in [0.25, 0.3) is 10.0 Å². The van der Waals surface area contributed by atoms with E-state index in [4.69, 9.17) is 18.9 Å². The summed E-state index contributed by atoms with van der Waals surface area (Å²) in [6.45, 7) is 0. The Morgan fingerprint density at radius 2 is 1.37 bits per heavy atom. The minimum atomic E-state index is -3.96. The van der Waals surface area contributed by atoms with E-state index in [-0.39, 0.29) is 16.7 Å². The predicted octanol–water partition coefficient (Wildman–Crippen LogP) is 4.76. The molecule has 0 unspecified atom stereocenters. The maximum Gasteiger partial charge on any atom is 0.264 e. The fourth-order valence-electron chi connectivity index (χ4n) is 3.36. The summed E-state index contributed by atoms with van der Waals surface area (Å²) >= 11 is 0. The minimum Gasteiger partial charge on any atom is -0.496 e. The van der Waals surface area contributed by atoms with E-state index in [1.165, 1.54) is 33.5 Å². The first-order chi connectivity index (χ1) is 16.9. The molecule has 9 nitrogen and oxygen atoms in total. The number of ether oxygens (including phenoxy) is 4. The summed E-state index contributed by atoms with van der Waals surface area (Å²) in [5, 5.41) is 0. The lowest BCUT2D eigenvalue weighted by atomic mass is 10.1. The van der Waals surface area contributed by atoms with Crippen LogP contribution in [0.3, 0.4) is 0 Å². The van der Waals surface area contributed by atoms with E-state index in [0.29, 0.717) is 34.3 Å². The zero-order chi connectivity index (χ0) is 24.8. The van der Waals surface area contributed by atoms with Crippen LogP contribution in [-0.4, -0.2) is 39.7 Å². The molecule has 1 aromatic heterocycles. The van der Waals surface area contributed by atoms with Crippen molar-refractivity contribution in [3.8, 4) is 40.1 Å². The Balaban J connectivity index is 1.87. The summed E-state index contributed by atoms with van der Waals surface area (Å²) in [7, 11) is 0.542. The van der Waals surface area contributed by atoms with Crippen LogP contribution in [0.15, 0.2) is 83.8 Å². The average molecular weight is 494 g/mol. The number of hydrogen-bond donors (Lipinski definition) is 1. The summed E-state index contributed by atoms with van der Waals surface area (Å²) in [4.78, 5) is 8.80. The van der Waals surface area contributed by atoms with Crippen LogP contribution >= 0.6 is 0 Å². The molecule has 1 heterocycles. The molecule has 0 aliphatic rings. The Morgan fingerprint density at radius 3 is 2.00 bits per heavy atom. The summed E-state index contributed by atoms with van der Waals surface area (Å²) in [5.41, 5.74) is 0.735. The standard InChI is InChI=1S/C25H23N3O6S/c1-31-20-14-15-21(32-2)24(33-3)23(20)19-16-22(34-17-10-6-4-7-11-17)27-25(26-19)28-35(29,30)18-12-8-5-9-13-18/h4-16H,1-3H3,(H,26,27,28). The van der Waals surface area contributed by atoms with Crippen molar-refractivity contribution in [2.75, 3.05) is 26.1 Å². The molecule has 0 spiro atoms. The Kier molecular flexibility index (Phi) is 7.02. The van der Waals surface area contributed by atoms with Crippen LogP contribution < -0.4 is 23.7 Å². The number of hydrogen-bond acceptors (Lipinski definition) is 8. The molecule has 0 fully saturated rings. The van der Waals surface area contributed by atoms with Crippen LogP contribution in [0.2, 0.25) is 0 Å². The third-order valence-electron chi connectivity index (χ3n) is 4.93. The largest absolute Gasteiger partial charge is 0.496 e. The fourth-order valence-corrected chi connectivity index (χ4v) is 4.33. The molecule has 0 saturated heterocycles. The van der Waals surface area contributed by atoms with E-state index < -0.39 is 10.0 Å². The predicted molar refractivity (Wildman–Crippen MR) is 131 cm³/mol. The second-order valence-electron chi connectivity index (χ2n) is 7.13. The van der Waals surface area contributed by atoms with E-state index in [1.807, 2.05) is 18.2 Å². The molecule has 0 atom stereocenters. The molecule has 0 bridgehead atoms. The molecular weight excluding hydrogens is 470 g/mol. The average Bonchev–Trinajstić information content (AvgIpc) is 2.88. The maximum absolute atomic E-state index is 13.0. The molecule has 35 heavy (non-hydrogen) atoms. The van der Waals surface area contributed by atoms with E-state index >= 15 is 0 Å². The molecule has 0 amide bonds. The molecule has 180 valence electrons. The molecule has 0 aliphatic carbocycles. The molecule has 4 aromatic rings. The zero-order valence-electron chi connectivity index (χ0n) is 19.3. The van der Waals surface area contributed by atoms with Gasteiger partial charge in [0.05, 0.1) is 37.5 Å². The van der Waals surface area contributed by atoms with Crippen LogP contribution in [0.4, 0.5) is 5.95 Å². The lowest BCUT2D eigenvalue weighted by Crippen LogP contribution is -2.15. The Bertz CT molecular complexity index is 1410. The van der Waals surface area contributed by atoms with Gasteiger partial charge in [-0.15, -0.1) is 0 Å². The lowest BCUT2D eigenvalue weighted by molar-refractivity contribution is 0.350. The van der Waals surface area contributed by atoms with Gasteiger partial charge in [-0.3, -0.25) is 0 Å². The molecule has 0 saturated carbocycles. The van der Waals surface area contributed by atoms with Gasteiger partial charge in [-0.2, -0.15) is 4.98 Å². The van der Waals surface area contributed by atoms with Crippen molar-refractivity contribution in [2.45, 2.75) is 4.90 Å². The number of sulfonamides is 1. The zero-order valence-corrected chi connectivity index (χ0v) is 20.1. The highest BCUT2D eigenvalue weighted by Gasteiger charge is 2.23. The number of rotatable bonds is 9. The summed E-state index contributed by atoms with van der Waals surface area (Å²) in [5.74, 6) is 1.66. The SMILES string of the molecule is COc1ccc(OC)c(-c2cc(Oc3ccccc3)nc(NS(=O)(=O)c3ccccc3)n2)c1OC. The first-order valence-corrected chi connectivity index (χ1v) is 11.9. The van der Waals surface area contributed by atoms with E-state index in [1.54, 1.807) is 48.5 Å². The number of aromatic nitrogens is 2. The van der Waals surface area contributed by atoms with Crippen LogP contribution in [-0.2, 0) is 10.0 Å². The Hall–Kier alpha value is -4.31. The van der Waals surface area contributed by atoms with Crippen molar-refractivity contribution in [3.05, 3.63) is 78.9 Å². The van der Waals surface area contributed by atoms with Gasteiger partial charge in [0.15, 0.2) is 11.5 Å². The molecule has 10 heteroatoms. The molecular formula is C25H23N3O6S. The Labute approximate surface area is 203 Å². The Morgan fingerprint density at radius 1 is 0.743 bits per heavy atom. The first-order valence-electron chi connectivity index (χ1n) is 10.4. The van der Waals surface area contributed by atoms with Crippen LogP contribution in [0, 0.1) is 0 Å². The molecule has 0 radical (unpaired) electrons. The fraction of sp³-hybridized carbons (Fsp3) is 0.120. The smallest absolute Gasteiger partial charge is 0.264 e. The highest BCUT2D eigenvalue weighted by molar-refractivity contribution is 7.92. The number of nitrogens with zero attached hydrogens (tertiary/aromatic N) is 2. The highest BCUT2D eigenvalue weighted by Crippen LogP contribution is 2.44. The summed E-state index contributed by atoms with van der Waals surface area (Å²) in [6, 6.07) is 21.9. The van der Waals surface area contributed by atoms with Crippen LogP contribution in [0.5, 0.6) is 28.9 Å². The number of para-hydroxylation sites is 1. The molecule has 0 aliphatic heterocycles. The van der Waals surface area contributed by atoms with E-state index in [9.17, 15) is 8.42 Å². The van der Waals surface area contributed by atoms with Gasteiger partial charge in [0.2, 0.25) is 11.8 Å².